The van der Waals surface area contributed by atoms with Gasteiger partial charge in [0.25, 0.3) is 0 Å². The summed E-state index contributed by atoms with van der Waals surface area (Å²) in [7, 11) is 0. The monoisotopic (exact) mass is 352 g/mol. The minimum Gasteiger partial charge on any atom is -0.488 e. The van der Waals surface area contributed by atoms with E-state index in [0.717, 1.165) is 55.2 Å². The summed E-state index contributed by atoms with van der Waals surface area (Å²) in [6.07, 6.45) is 7.65. The van der Waals surface area contributed by atoms with Gasteiger partial charge in [0.1, 0.15) is 17.5 Å². The largest absolute Gasteiger partial charge is 0.488 e. The predicted molar refractivity (Wildman–Crippen MR) is 98.5 cm³/mol. The minimum absolute atomic E-state index is 0.233. The Morgan fingerprint density at radius 1 is 1.08 bits per heavy atom. The molecular formula is C19H20N4OS. The lowest BCUT2D eigenvalue weighted by atomic mass is 10.1. The third-order valence-corrected chi connectivity index (χ3v) is 5.06. The second-order valence-electron chi connectivity index (χ2n) is 6.16. The molecule has 0 radical (unpaired) electrons. The molecule has 0 saturated carbocycles. The topological polar surface area (TPSA) is 51.1 Å². The molecule has 128 valence electrons. The molecule has 0 amide bonds. The smallest absolute Gasteiger partial charge is 0.145 e. The second-order valence-corrected chi connectivity index (χ2v) is 6.88. The van der Waals surface area contributed by atoms with Crippen molar-refractivity contribution in [2.24, 2.45) is 0 Å². The van der Waals surface area contributed by atoms with Crippen LogP contribution in [0.3, 0.4) is 0 Å². The van der Waals surface area contributed by atoms with Crippen molar-refractivity contribution < 1.29 is 4.74 Å². The van der Waals surface area contributed by atoms with Crippen LogP contribution in [0.25, 0.3) is 11.3 Å². The van der Waals surface area contributed by atoms with Crippen molar-refractivity contribution in [2.45, 2.75) is 25.5 Å². The van der Waals surface area contributed by atoms with Gasteiger partial charge in [-0.25, -0.2) is 4.98 Å². The molecule has 4 heterocycles. The maximum atomic E-state index is 6.30. The van der Waals surface area contributed by atoms with Gasteiger partial charge < -0.3 is 4.74 Å². The number of rotatable bonds is 5. The van der Waals surface area contributed by atoms with Crippen LogP contribution in [0.2, 0.25) is 0 Å². The molecule has 0 spiro atoms. The molecule has 0 bridgehead atoms. The van der Waals surface area contributed by atoms with Gasteiger partial charge in [0.2, 0.25) is 0 Å². The van der Waals surface area contributed by atoms with Crippen LogP contribution in [0.1, 0.15) is 18.5 Å². The van der Waals surface area contributed by atoms with Gasteiger partial charge in [-0.2, -0.15) is 0 Å². The Hall–Kier alpha value is -2.31. The SMILES string of the molecule is c1cnc(-c2ccncc2)c(OC2CCN(Cc3cscn3)CC2)c1. The second kappa shape index (κ2) is 7.72. The summed E-state index contributed by atoms with van der Waals surface area (Å²) in [6.45, 7) is 3.01. The van der Waals surface area contributed by atoms with E-state index in [1.165, 1.54) is 0 Å². The fourth-order valence-corrected chi connectivity index (χ4v) is 3.67. The lowest BCUT2D eigenvalue weighted by molar-refractivity contribution is 0.0964. The van der Waals surface area contributed by atoms with E-state index in [4.69, 9.17) is 4.74 Å². The predicted octanol–water partition coefficient (Wildman–Crippen LogP) is 3.64. The first-order chi connectivity index (χ1) is 12.4. The maximum Gasteiger partial charge on any atom is 0.145 e. The highest BCUT2D eigenvalue weighted by Gasteiger charge is 2.22. The molecule has 3 aromatic heterocycles. The Kier molecular flexibility index (Phi) is 4.99. The number of piperidine rings is 1. The molecule has 1 saturated heterocycles. The summed E-state index contributed by atoms with van der Waals surface area (Å²) in [5.41, 5.74) is 4.98. The van der Waals surface area contributed by atoms with Gasteiger partial charge in [0.05, 0.1) is 11.2 Å². The number of likely N-dealkylation sites (tertiary alicyclic amines) is 1. The van der Waals surface area contributed by atoms with E-state index in [1.54, 1.807) is 29.9 Å². The number of pyridine rings is 2. The Balaban J connectivity index is 1.39. The van der Waals surface area contributed by atoms with Crippen LogP contribution in [-0.4, -0.2) is 39.0 Å². The molecule has 0 aromatic carbocycles. The normalized spacial score (nSPS) is 16.0. The molecule has 0 unspecified atom stereocenters. The Morgan fingerprint density at radius 2 is 1.92 bits per heavy atom. The first-order valence-corrected chi connectivity index (χ1v) is 9.44. The zero-order valence-corrected chi connectivity index (χ0v) is 14.7. The molecule has 3 aromatic rings. The van der Waals surface area contributed by atoms with Crippen molar-refractivity contribution in [3.8, 4) is 17.0 Å². The zero-order chi connectivity index (χ0) is 16.9. The van der Waals surface area contributed by atoms with Gasteiger partial charge in [0, 0.05) is 49.2 Å². The quantitative estimate of drug-likeness (QED) is 0.702. The van der Waals surface area contributed by atoms with Gasteiger partial charge in [-0.1, -0.05) is 0 Å². The van der Waals surface area contributed by atoms with E-state index >= 15 is 0 Å². The van der Waals surface area contributed by atoms with Crippen molar-refractivity contribution in [3.05, 3.63) is 59.4 Å². The highest BCUT2D eigenvalue weighted by molar-refractivity contribution is 7.07. The average molecular weight is 352 g/mol. The lowest BCUT2D eigenvalue weighted by Gasteiger charge is -2.32. The summed E-state index contributed by atoms with van der Waals surface area (Å²) in [5.74, 6) is 0.853. The molecule has 5 nitrogen and oxygen atoms in total. The lowest BCUT2D eigenvalue weighted by Crippen LogP contribution is -2.37. The molecule has 0 atom stereocenters. The number of aromatic nitrogens is 3. The Bertz CT molecular complexity index is 786. The third-order valence-electron chi connectivity index (χ3n) is 4.42. The van der Waals surface area contributed by atoms with E-state index in [-0.39, 0.29) is 6.10 Å². The highest BCUT2D eigenvalue weighted by atomic mass is 32.1. The van der Waals surface area contributed by atoms with Crippen molar-refractivity contribution in [1.29, 1.82) is 0 Å². The number of nitrogens with zero attached hydrogens (tertiary/aromatic N) is 4. The summed E-state index contributed by atoms with van der Waals surface area (Å²) < 4.78 is 6.30. The van der Waals surface area contributed by atoms with Crippen LogP contribution in [0.5, 0.6) is 5.75 Å². The van der Waals surface area contributed by atoms with Crippen molar-refractivity contribution in [3.63, 3.8) is 0 Å². The van der Waals surface area contributed by atoms with Crippen LogP contribution < -0.4 is 4.74 Å². The number of ether oxygens (including phenoxy) is 1. The first-order valence-electron chi connectivity index (χ1n) is 8.50. The van der Waals surface area contributed by atoms with E-state index in [2.05, 4.69) is 25.2 Å². The molecule has 0 N–H and O–H groups in total. The van der Waals surface area contributed by atoms with E-state index in [0.29, 0.717) is 0 Å². The van der Waals surface area contributed by atoms with Crippen LogP contribution in [0.15, 0.2) is 53.7 Å². The van der Waals surface area contributed by atoms with E-state index in [9.17, 15) is 0 Å². The average Bonchev–Trinajstić information content (AvgIpc) is 3.18. The van der Waals surface area contributed by atoms with Gasteiger partial charge in [-0.15, -0.1) is 11.3 Å². The molecule has 0 aliphatic carbocycles. The molecule has 25 heavy (non-hydrogen) atoms. The van der Waals surface area contributed by atoms with Crippen molar-refractivity contribution in [2.75, 3.05) is 13.1 Å². The Morgan fingerprint density at radius 3 is 2.68 bits per heavy atom. The highest BCUT2D eigenvalue weighted by Crippen LogP contribution is 2.29. The van der Waals surface area contributed by atoms with Gasteiger partial charge >= 0.3 is 0 Å². The fourth-order valence-electron chi connectivity index (χ4n) is 3.12. The standard InChI is InChI=1S/C19H20N4OS/c1-2-18(19(21-7-1)15-3-8-20-9-4-15)24-17-5-10-23(11-6-17)12-16-13-25-14-22-16/h1-4,7-9,13-14,17H,5-6,10-12H2. The molecule has 4 rings (SSSR count). The van der Waals surface area contributed by atoms with Crippen LogP contribution in [0.4, 0.5) is 0 Å². The molecule has 6 heteroatoms. The Labute approximate surface area is 151 Å². The summed E-state index contributed by atoms with van der Waals surface area (Å²) in [6, 6.07) is 7.86. The summed E-state index contributed by atoms with van der Waals surface area (Å²) in [4.78, 5) is 15.4. The van der Waals surface area contributed by atoms with Gasteiger partial charge in [-0.3, -0.25) is 14.9 Å². The molecular weight excluding hydrogens is 332 g/mol. The molecule has 1 aliphatic rings. The molecule has 1 aliphatic heterocycles. The number of thiazole rings is 1. The molecule has 1 fully saturated rings. The minimum atomic E-state index is 0.233. The van der Waals surface area contributed by atoms with Crippen LogP contribution in [0, 0.1) is 0 Å². The van der Waals surface area contributed by atoms with Crippen molar-refractivity contribution in [1.82, 2.24) is 19.9 Å². The van der Waals surface area contributed by atoms with Crippen molar-refractivity contribution >= 4 is 11.3 Å². The zero-order valence-electron chi connectivity index (χ0n) is 13.9. The summed E-state index contributed by atoms with van der Waals surface area (Å²) >= 11 is 1.66. The van der Waals surface area contributed by atoms with Gasteiger partial charge in [0.15, 0.2) is 0 Å². The van der Waals surface area contributed by atoms with Crippen LogP contribution >= 0.6 is 11.3 Å². The van der Waals surface area contributed by atoms with Crippen LogP contribution in [-0.2, 0) is 6.54 Å². The van der Waals surface area contributed by atoms with E-state index < -0.39 is 0 Å². The first kappa shape index (κ1) is 16.2. The van der Waals surface area contributed by atoms with Gasteiger partial charge in [-0.05, 0) is 37.1 Å². The third kappa shape index (κ3) is 4.03. The number of hydrogen-bond acceptors (Lipinski definition) is 6. The fraction of sp³-hybridized carbons (Fsp3) is 0.316. The number of hydrogen-bond donors (Lipinski definition) is 0. The summed E-state index contributed by atoms with van der Waals surface area (Å²) in [5, 5.41) is 2.12. The maximum absolute atomic E-state index is 6.30. The van der Waals surface area contributed by atoms with E-state index in [1.807, 2.05) is 29.8 Å².